The number of halogens is 1. The second-order valence-corrected chi connectivity index (χ2v) is 4.37. The van der Waals surface area contributed by atoms with E-state index in [0.29, 0.717) is 16.7 Å². The largest absolute Gasteiger partial charge is 0.446 e. The highest BCUT2D eigenvalue weighted by molar-refractivity contribution is 6.31. The number of aliphatic imine (C=N–C) groups is 1. The summed E-state index contributed by atoms with van der Waals surface area (Å²) in [5, 5.41) is 0.611. The van der Waals surface area contributed by atoms with Gasteiger partial charge in [0.2, 0.25) is 0 Å². The van der Waals surface area contributed by atoms with Crippen LogP contribution in [0.2, 0.25) is 0 Å². The number of ether oxygens (including phenoxy) is 1. The fourth-order valence-corrected chi connectivity index (χ4v) is 1.51. The third-order valence-electron chi connectivity index (χ3n) is 2.68. The lowest BCUT2D eigenvalue weighted by molar-refractivity contribution is 0.361. The van der Waals surface area contributed by atoms with Crippen molar-refractivity contribution < 1.29 is 4.74 Å². The van der Waals surface area contributed by atoms with E-state index in [0.717, 1.165) is 5.90 Å². The van der Waals surface area contributed by atoms with Gasteiger partial charge in [0.05, 0.1) is 5.03 Å². The highest BCUT2D eigenvalue weighted by atomic mass is 35.5. The summed E-state index contributed by atoms with van der Waals surface area (Å²) >= 11 is 6.03. The van der Waals surface area contributed by atoms with Gasteiger partial charge in [-0.15, -0.1) is 0 Å². The third kappa shape index (κ3) is 3.24. The molecule has 0 fully saturated rings. The molecule has 1 heterocycles. The normalized spacial score (nSPS) is 26.7. The number of hydrogen-bond acceptors (Lipinski definition) is 2. The van der Waals surface area contributed by atoms with Gasteiger partial charge >= 0.3 is 0 Å². The molecule has 0 amide bonds. The summed E-state index contributed by atoms with van der Waals surface area (Å²) in [4.78, 5) is 4.24. The summed E-state index contributed by atoms with van der Waals surface area (Å²) < 4.78 is 5.68. The first-order valence-electron chi connectivity index (χ1n) is 5.47. The van der Waals surface area contributed by atoms with Gasteiger partial charge in [0.1, 0.15) is 5.76 Å². The second-order valence-electron chi connectivity index (χ2n) is 3.96. The van der Waals surface area contributed by atoms with E-state index in [1.54, 1.807) is 6.20 Å². The van der Waals surface area contributed by atoms with Crippen molar-refractivity contribution in [2.45, 2.75) is 27.7 Å². The summed E-state index contributed by atoms with van der Waals surface area (Å²) in [6.45, 7) is 8.01. The van der Waals surface area contributed by atoms with Crippen LogP contribution in [0.25, 0.3) is 0 Å². The molecule has 2 unspecified atom stereocenters. The molecule has 0 saturated carbocycles. The van der Waals surface area contributed by atoms with Crippen molar-refractivity contribution >= 4 is 17.5 Å². The molecule has 3 heteroatoms. The predicted octanol–water partition coefficient (Wildman–Crippen LogP) is 4.25. The van der Waals surface area contributed by atoms with Gasteiger partial charge in [0, 0.05) is 12.1 Å². The summed E-state index contributed by atoms with van der Waals surface area (Å²) in [7, 11) is 0. The topological polar surface area (TPSA) is 21.6 Å². The first-order valence-corrected chi connectivity index (χ1v) is 5.85. The van der Waals surface area contributed by atoms with Crippen molar-refractivity contribution in [1.29, 1.82) is 0 Å². The van der Waals surface area contributed by atoms with Crippen LogP contribution in [0, 0.1) is 11.8 Å². The number of hydrogen-bond donors (Lipinski definition) is 0. The average molecular weight is 240 g/mol. The van der Waals surface area contributed by atoms with Crippen molar-refractivity contribution in [3.8, 4) is 0 Å². The van der Waals surface area contributed by atoms with Crippen molar-refractivity contribution in [2.75, 3.05) is 0 Å². The van der Waals surface area contributed by atoms with Crippen LogP contribution >= 0.6 is 11.6 Å². The molecule has 0 spiro atoms. The molecule has 0 radical (unpaired) electrons. The van der Waals surface area contributed by atoms with Gasteiger partial charge in [0.25, 0.3) is 0 Å². The summed E-state index contributed by atoms with van der Waals surface area (Å²) in [5.41, 5.74) is 0. The molecule has 1 rings (SSSR count). The van der Waals surface area contributed by atoms with Crippen LogP contribution < -0.4 is 0 Å². The molecule has 16 heavy (non-hydrogen) atoms. The Bertz CT molecular complexity index is 366. The van der Waals surface area contributed by atoms with Crippen molar-refractivity contribution in [2.24, 2.45) is 16.8 Å². The Hall–Kier alpha value is -1.02. The predicted molar refractivity (Wildman–Crippen MR) is 69.4 cm³/mol. The molecule has 0 bridgehead atoms. The zero-order chi connectivity index (χ0) is 12.1. The average Bonchev–Trinajstić information content (AvgIpc) is 2.25. The van der Waals surface area contributed by atoms with E-state index < -0.39 is 0 Å². The molecule has 0 aromatic heterocycles. The number of allylic oxidation sites excluding steroid dienone is 5. The summed E-state index contributed by atoms with van der Waals surface area (Å²) in [6.07, 6.45) is 7.55. The lowest BCUT2D eigenvalue weighted by Crippen LogP contribution is -2.22. The summed E-state index contributed by atoms with van der Waals surface area (Å²) in [6, 6.07) is 0. The van der Waals surface area contributed by atoms with E-state index in [9.17, 15) is 0 Å². The highest BCUT2D eigenvalue weighted by Crippen LogP contribution is 2.22. The molecule has 0 aromatic carbocycles. The van der Waals surface area contributed by atoms with E-state index in [2.05, 4.69) is 24.9 Å². The van der Waals surface area contributed by atoms with Gasteiger partial charge in [-0.1, -0.05) is 37.6 Å². The van der Waals surface area contributed by atoms with Crippen LogP contribution in [-0.2, 0) is 4.74 Å². The highest BCUT2D eigenvalue weighted by Gasteiger charge is 2.21. The van der Waals surface area contributed by atoms with Gasteiger partial charge < -0.3 is 4.74 Å². The fraction of sp³-hybridized carbons (Fsp3) is 0.462. The number of nitrogens with zero attached hydrogens (tertiary/aromatic N) is 1. The molecule has 88 valence electrons. The maximum atomic E-state index is 6.03. The van der Waals surface area contributed by atoms with Crippen LogP contribution in [-0.4, -0.2) is 5.90 Å². The number of rotatable bonds is 2. The van der Waals surface area contributed by atoms with Gasteiger partial charge in [-0.25, -0.2) is 4.99 Å². The molecule has 0 aliphatic carbocycles. The van der Waals surface area contributed by atoms with Crippen LogP contribution in [0.15, 0.2) is 40.2 Å². The van der Waals surface area contributed by atoms with E-state index in [4.69, 9.17) is 16.3 Å². The molecular weight excluding hydrogens is 222 g/mol. The Morgan fingerprint density at radius 1 is 1.50 bits per heavy atom. The van der Waals surface area contributed by atoms with E-state index >= 15 is 0 Å². The Morgan fingerprint density at radius 3 is 2.81 bits per heavy atom. The van der Waals surface area contributed by atoms with Gasteiger partial charge in [-0.3, -0.25) is 0 Å². The monoisotopic (exact) mass is 239 g/mol. The van der Waals surface area contributed by atoms with E-state index in [-0.39, 0.29) is 5.92 Å². The lowest BCUT2D eigenvalue weighted by atomic mass is 9.94. The van der Waals surface area contributed by atoms with E-state index in [1.165, 1.54) is 0 Å². The molecule has 1 aliphatic rings. The fourth-order valence-electron chi connectivity index (χ4n) is 1.35. The van der Waals surface area contributed by atoms with Crippen molar-refractivity contribution in [3.05, 3.63) is 35.2 Å². The molecule has 1 aliphatic heterocycles. The SMILES string of the molecule is CC=CC(Cl)=C(C)OC1=NC=CC(C)C1C. The standard InChI is InChI=1S/C13H18ClNO/c1-5-6-12(14)11(4)16-13-10(3)9(2)7-8-15-13/h5-10H,1-4H3. The molecule has 2 nitrogen and oxygen atoms in total. The van der Waals surface area contributed by atoms with Crippen LogP contribution in [0.4, 0.5) is 0 Å². The maximum absolute atomic E-state index is 6.03. The van der Waals surface area contributed by atoms with Crippen molar-refractivity contribution in [3.63, 3.8) is 0 Å². The van der Waals surface area contributed by atoms with Crippen LogP contribution in [0.1, 0.15) is 27.7 Å². The molecule has 2 atom stereocenters. The second kappa shape index (κ2) is 5.90. The lowest BCUT2D eigenvalue weighted by Gasteiger charge is -2.22. The summed E-state index contributed by atoms with van der Waals surface area (Å²) in [5.74, 6) is 2.15. The van der Waals surface area contributed by atoms with E-state index in [1.807, 2.05) is 26.0 Å². The maximum Gasteiger partial charge on any atom is 0.197 e. The quantitative estimate of drug-likeness (QED) is 0.522. The zero-order valence-corrected chi connectivity index (χ0v) is 11.0. The Kier molecular flexibility index (Phi) is 4.81. The third-order valence-corrected chi connectivity index (χ3v) is 3.07. The first-order chi connectivity index (χ1) is 7.56. The van der Waals surface area contributed by atoms with Gasteiger partial charge in [-0.05, 0) is 25.8 Å². The minimum absolute atomic E-state index is 0.287. The minimum Gasteiger partial charge on any atom is -0.446 e. The zero-order valence-electron chi connectivity index (χ0n) is 10.2. The minimum atomic E-state index is 0.287. The molecule has 0 aromatic rings. The Balaban J connectivity index is 2.78. The Morgan fingerprint density at radius 2 is 2.19 bits per heavy atom. The van der Waals surface area contributed by atoms with Gasteiger partial charge in [0.15, 0.2) is 5.90 Å². The molecular formula is C13H18ClNO. The van der Waals surface area contributed by atoms with Gasteiger partial charge in [-0.2, -0.15) is 0 Å². The molecule has 0 saturated heterocycles. The molecule has 0 N–H and O–H groups in total. The van der Waals surface area contributed by atoms with Crippen LogP contribution in [0.3, 0.4) is 0 Å². The van der Waals surface area contributed by atoms with Crippen molar-refractivity contribution in [1.82, 2.24) is 0 Å². The first kappa shape index (κ1) is 13.0. The smallest absolute Gasteiger partial charge is 0.197 e. The van der Waals surface area contributed by atoms with Crippen LogP contribution in [0.5, 0.6) is 0 Å². The Labute approximate surface area is 102 Å².